The van der Waals surface area contributed by atoms with Gasteiger partial charge in [0.2, 0.25) is 11.8 Å². The summed E-state index contributed by atoms with van der Waals surface area (Å²) in [6.45, 7) is 4.77. The summed E-state index contributed by atoms with van der Waals surface area (Å²) in [5.74, 6) is -0.532. The zero-order valence-corrected chi connectivity index (χ0v) is 10.4. The Bertz CT molecular complexity index is 210. The highest BCUT2D eigenvalue weighted by molar-refractivity contribution is 6.27. The van der Waals surface area contributed by atoms with Gasteiger partial charge in [0.1, 0.15) is 11.8 Å². The van der Waals surface area contributed by atoms with E-state index in [9.17, 15) is 9.59 Å². The molecular weight excluding hydrogens is 239 g/mol. The highest BCUT2D eigenvalue weighted by atomic mass is 35.5. The third-order valence-electron chi connectivity index (χ3n) is 1.77. The van der Waals surface area contributed by atoms with Crippen LogP contribution in [0.15, 0.2) is 0 Å². The molecule has 0 spiro atoms. The number of hydrogen-bond acceptors (Lipinski definition) is 2. The molecule has 0 aromatic carbocycles. The van der Waals surface area contributed by atoms with Gasteiger partial charge >= 0.3 is 0 Å². The van der Waals surface area contributed by atoms with Gasteiger partial charge in [0.25, 0.3) is 0 Å². The first-order valence-electron chi connectivity index (χ1n) is 4.56. The number of halogens is 2. The zero-order chi connectivity index (χ0) is 11.9. The van der Waals surface area contributed by atoms with Gasteiger partial charge in [-0.05, 0) is 5.41 Å². The molecule has 0 aromatic rings. The van der Waals surface area contributed by atoms with Crippen molar-refractivity contribution >= 4 is 35.0 Å². The van der Waals surface area contributed by atoms with Crippen molar-refractivity contribution in [1.29, 1.82) is 0 Å². The third kappa shape index (κ3) is 7.45. The van der Waals surface area contributed by atoms with Gasteiger partial charge in [0.15, 0.2) is 0 Å². The number of hydrogen-bond donors (Lipinski definition) is 2. The summed E-state index contributed by atoms with van der Waals surface area (Å²) in [6, 6.07) is 0. The second-order valence-corrected chi connectivity index (χ2v) is 4.52. The SMILES string of the molecule is CC(C)(CNC(=O)CCl)CNC(=O)CCl. The van der Waals surface area contributed by atoms with Gasteiger partial charge in [-0.2, -0.15) is 0 Å². The quantitative estimate of drug-likeness (QED) is 0.687. The van der Waals surface area contributed by atoms with Gasteiger partial charge in [0.05, 0.1) is 0 Å². The summed E-state index contributed by atoms with van der Waals surface area (Å²) in [5.41, 5.74) is -0.219. The van der Waals surface area contributed by atoms with Crippen molar-refractivity contribution in [2.75, 3.05) is 24.8 Å². The summed E-state index contributed by atoms with van der Waals surface area (Å²) >= 11 is 10.7. The van der Waals surface area contributed by atoms with Gasteiger partial charge in [-0.3, -0.25) is 9.59 Å². The first-order chi connectivity index (χ1) is 6.91. The molecule has 2 N–H and O–H groups in total. The molecule has 0 saturated carbocycles. The van der Waals surface area contributed by atoms with Crippen molar-refractivity contribution in [2.45, 2.75) is 13.8 Å². The van der Waals surface area contributed by atoms with E-state index in [0.29, 0.717) is 13.1 Å². The van der Waals surface area contributed by atoms with Crippen LogP contribution in [0.1, 0.15) is 13.8 Å². The molecule has 0 heterocycles. The predicted molar refractivity (Wildman–Crippen MR) is 61.2 cm³/mol. The van der Waals surface area contributed by atoms with Crippen LogP contribution in [0.3, 0.4) is 0 Å². The van der Waals surface area contributed by atoms with Gasteiger partial charge in [0, 0.05) is 13.1 Å². The minimum atomic E-state index is -0.219. The standard InChI is InChI=1S/C9H16Cl2N2O2/c1-9(2,5-12-7(14)3-10)6-13-8(15)4-11/h3-6H2,1-2H3,(H,12,14)(H,13,15). The smallest absolute Gasteiger partial charge is 0.234 e. The number of amides is 2. The molecule has 6 heteroatoms. The van der Waals surface area contributed by atoms with E-state index in [1.54, 1.807) is 0 Å². The van der Waals surface area contributed by atoms with E-state index in [1.807, 2.05) is 13.8 Å². The number of nitrogens with one attached hydrogen (secondary N) is 2. The molecule has 0 atom stereocenters. The van der Waals surface area contributed by atoms with Gasteiger partial charge in [-0.25, -0.2) is 0 Å². The van der Waals surface area contributed by atoms with Crippen molar-refractivity contribution in [3.63, 3.8) is 0 Å². The van der Waals surface area contributed by atoms with E-state index in [0.717, 1.165) is 0 Å². The Morgan fingerprint density at radius 2 is 1.33 bits per heavy atom. The lowest BCUT2D eigenvalue weighted by Gasteiger charge is -2.24. The van der Waals surface area contributed by atoms with Crippen LogP contribution in [0, 0.1) is 5.41 Å². The number of alkyl halides is 2. The second-order valence-electron chi connectivity index (χ2n) is 3.98. The fraction of sp³-hybridized carbons (Fsp3) is 0.778. The number of rotatable bonds is 6. The van der Waals surface area contributed by atoms with Crippen LogP contribution in [-0.2, 0) is 9.59 Å². The molecule has 2 amide bonds. The van der Waals surface area contributed by atoms with E-state index < -0.39 is 0 Å². The molecule has 0 radical (unpaired) electrons. The zero-order valence-electron chi connectivity index (χ0n) is 8.90. The first kappa shape index (κ1) is 14.5. The predicted octanol–water partition coefficient (Wildman–Crippen LogP) is 0.723. The van der Waals surface area contributed by atoms with Crippen LogP contribution in [0.5, 0.6) is 0 Å². The summed E-state index contributed by atoms with van der Waals surface area (Å²) in [5, 5.41) is 5.32. The van der Waals surface area contributed by atoms with E-state index in [4.69, 9.17) is 23.2 Å². The van der Waals surface area contributed by atoms with Crippen LogP contribution in [0.2, 0.25) is 0 Å². The minimum Gasteiger partial charge on any atom is -0.354 e. The van der Waals surface area contributed by atoms with Crippen molar-refractivity contribution in [3.05, 3.63) is 0 Å². The molecule has 0 aliphatic carbocycles. The molecule has 0 fully saturated rings. The maximum atomic E-state index is 10.9. The minimum absolute atomic E-state index is 0.0515. The Hall–Kier alpha value is -0.480. The monoisotopic (exact) mass is 254 g/mol. The number of carbonyl (C=O) groups excluding carboxylic acids is 2. The topological polar surface area (TPSA) is 58.2 Å². The molecule has 88 valence electrons. The van der Waals surface area contributed by atoms with E-state index in [2.05, 4.69) is 10.6 Å². The lowest BCUT2D eigenvalue weighted by molar-refractivity contribution is -0.119. The molecule has 0 aromatic heterocycles. The van der Waals surface area contributed by atoms with Gasteiger partial charge < -0.3 is 10.6 Å². The van der Waals surface area contributed by atoms with Crippen LogP contribution in [0.25, 0.3) is 0 Å². The van der Waals surface area contributed by atoms with Crippen LogP contribution in [0.4, 0.5) is 0 Å². The summed E-state index contributed by atoms with van der Waals surface area (Å²) in [4.78, 5) is 21.8. The summed E-state index contributed by atoms with van der Waals surface area (Å²) < 4.78 is 0. The van der Waals surface area contributed by atoms with Crippen LogP contribution < -0.4 is 10.6 Å². The average molecular weight is 255 g/mol. The molecule has 0 aliphatic heterocycles. The van der Waals surface area contributed by atoms with Crippen molar-refractivity contribution in [3.8, 4) is 0 Å². The Morgan fingerprint density at radius 1 is 1.00 bits per heavy atom. The van der Waals surface area contributed by atoms with Gasteiger partial charge in [-0.1, -0.05) is 13.8 Å². The molecule has 15 heavy (non-hydrogen) atoms. The highest BCUT2D eigenvalue weighted by Crippen LogP contribution is 2.11. The second kappa shape index (κ2) is 6.90. The Balaban J connectivity index is 3.86. The van der Waals surface area contributed by atoms with Gasteiger partial charge in [-0.15, -0.1) is 23.2 Å². The highest BCUT2D eigenvalue weighted by Gasteiger charge is 2.19. The fourth-order valence-electron chi connectivity index (χ4n) is 0.833. The summed E-state index contributed by atoms with van der Waals surface area (Å²) in [6.07, 6.45) is 0. The third-order valence-corrected chi connectivity index (χ3v) is 2.26. The molecule has 4 nitrogen and oxygen atoms in total. The molecule has 0 unspecified atom stereocenters. The van der Waals surface area contributed by atoms with E-state index >= 15 is 0 Å². The van der Waals surface area contributed by atoms with Crippen molar-refractivity contribution in [1.82, 2.24) is 10.6 Å². The van der Waals surface area contributed by atoms with Crippen molar-refractivity contribution < 1.29 is 9.59 Å². The normalized spacial score (nSPS) is 10.9. The largest absolute Gasteiger partial charge is 0.354 e. The first-order valence-corrected chi connectivity index (χ1v) is 5.63. The molecule has 0 rings (SSSR count). The van der Waals surface area contributed by atoms with E-state index in [-0.39, 0.29) is 29.0 Å². The van der Waals surface area contributed by atoms with Crippen molar-refractivity contribution in [2.24, 2.45) is 5.41 Å². The summed E-state index contributed by atoms with van der Waals surface area (Å²) in [7, 11) is 0. The van der Waals surface area contributed by atoms with Crippen LogP contribution in [-0.4, -0.2) is 36.7 Å². The lowest BCUT2D eigenvalue weighted by Crippen LogP contribution is -2.42. The number of carbonyl (C=O) groups is 2. The van der Waals surface area contributed by atoms with E-state index in [1.165, 1.54) is 0 Å². The van der Waals surface area contributed by atoms with Crippen LogP contribution >= 0.6 is 23.2 Å². The Kier molecular flexibility index (Phi) is 6.68. The maximum Gasteiger partial charge on any atom is 0.234 e. The lowest BCUT2D eigenvalue weighted by atomic mass is 9.93. The maximum absolute atomic E-state index is 10.9. The Labute approximate surface area is 99.7 Å². The molecule has 0 aliphatic rings. The fourth-order valence-corrected chi connectivity index (χ4v) is 1.02. The molecule has 0 bridgehead atoms. The molecular formula is C9H16Cl2N2O2. The Morgan fingerprint density at radius 3 is 1.60 bits per heavy atom. The molecule has 0 saturated heterocycles. The average Bonchev–Trinajstić information content (AvgIpc) is 2.22.